The maximum absolute atomic E-state index is 13.3. The number of nitrogens with zero attached hydrogens (tertiary/aromatic N) is 2. The zero-order valence-corrected chi connectivity index (χ0v) is 18.1. The van der Waals surface area contributed by atoms with Gasteiger partial charge in [0.15, 0.2) is 0 Å². The van der Waals surface area contributed by atoms with Crippen LogP contribution in [-0.4, -0.2) is 23.2 Å². The number of nitrogens with one attached hydrogen (secondary N) is 1. The van der Waals surface area contributed by atoms with Crippen LogP contribution >= 0.6 is 11.8 Å². The lowest BCUT2D eigenvalue weighted by Crippen LogP contribution is -2.19. The highest BCUT2D eigenvalue weighted by Crippen LogP contribution is 2.38. The van der Waals surface area contributed by atoms with E-state index in [1.54, 1.807) is 19.4 Å². The largest absolute Gasteiger partial charge is 0.495 e. The van der Waals surface area contributed by atoms with Crippen molar-refractivity contribution in [1.29, 1.82) is 0 Å². The maximum atomic E-state index is 13.3. The molecule has 2 aromatic carbocycles. The average Bonchev–Trinajstić information content (AvgIpc) is 3.41. The Hall–Kier alpha value is -3.52. The van der Waals surface area contributed by atoms with E-state index in [1.807, 2.05) is 62.4 Å². The number of methoxy groups -OCH3 is 1. The summed E-state index contributed by atoms with van der Waals surface area (Å²) in [6, 6.07) is 16.8. The predicted octanol–water partition coefficient (Wildman–Crippen LogP) is 5.43. The fourth-order valence-electron chi connectivity index (χ4n) is 3.09. The highest BCUT2D eigenvalue weighted by Gasteiger charge is 2.26. The van der Waals surface area contributed by atoms with Crippen LogP contribution in [0.25, 0.3) is 11.5 Å². The fourth-order valence-corrected chi connectivity index (χ4v) is 3.97. The van der Waals surface area contributed by atoms with Gasteiger partial charge in [-0.1, -0.05) is 36.4 Å². The number of aromatic nitrogens is 2. The molecule has 0 spiro atoms. The summed E-state index contributed by atoms with van der Waals surface area (Å²) in [7, 11) is 1.57. The summed E-state index contributed by atoms with van der Waals surface area (Å²) in [6.45, 7) is 3.78. The summed E-state index contributed by atoms with van der Waals surface area (Å²) in [5, 5.41) is 10.9. The smallest absolute Gasteiger partial charge is 0.277 e. The zero-order chi connectivity index (χ0) is 21.8. The van der Waals surface area contributed by atoms with Crippen LogP contribution in [0.5, 0.6) is 5.75 Å². The van der Waals surface area contributed by atoms with Gasteiger partial charge in [0, 0.05) is 0 Å². The van der Waals surface area contributed by atoms with Crippen LogP contribution in [0.1, 0.15) is 22.1 Å². The van der Waals surface area contributed by atoms with Gasteiger partial charge in [-0.15, -0.1) is 10.2 Å². The quantitative estimate of drug-likeness (QED) is 0.387. The lowest BCUT2D eigenvalue weighted by atomic mass is 10.1. The highest BCUT2D eigenvalue weighted by molar-refractivity contribution is 8.00. The number of carbonyl (C=O) groups is 1. The summed E-state index contributed by atoms with van der Waals surface area (Å²) < 4.78 is 16.5. The standard InChI is InChI=1S/C23H21N3O4S/c1-14-9-10-19(28-3)18(13-14)24-21(27)20(16-7-5-4-6-8-16)31-23-26-25-22(30-23)17-11-12-29-15(17)2/h4-13,20H,1-3H3,(H,24,27). The van der Waals surface area contributed by atoms with Crippen molar-refractivity contribution in [2.75, 3.05) is 12.4 Å². The van der Waals surface area contributed by atoms with E-state index in [0.717, 1.165) is 16.7 Å². The monoisotopic (exact) mass is 435 g/mol. The zero-order valence-electron chi connectivity index (χ0n) is 17.3. The minimum absolute atomic E-state index is 0.223. The first-order valence-corrected chi connectivity index (χ1v) is 10.5. The second kappa shape index (κ2) is 9.09. The summed E-state index contributed by atoms with van der Waals surface area (Å²) >= 11 is 1.19. The third-order valence-corrected chi connectivity index (χ3v) is 5.76. The number of thioether (sulfide) groups is 1. The molecule has 8 heteroatoms. The van der Waals surface area contributed by atoms with Crippen LogP contribution in [0, 0.1) is 13.8 Å². The van der Waals surface area contributed by atoms with E-state index in [-0.39, 0.29) is 11.1 Å². The predicted molar refractivity (Wildman–Crippen MR) is 118 cm³/mol. The van der Waals surface area contributed by atoms with E-state index in [2.05, 4.69) is 15.5 Å². The first-order valence-electron chi connectivity index (χ1n) is 9.60. The summed E-state index contributed by atoms with van der Waals surface area (Å²) in [5.74, 6) is 1.40. The summed E-state index contributed by atoms with van der Waals surface area (Å²) in [4.78, 5) is 13.3. The van der Waals surface area contributed by atoms with Crippen molar-refractivity contribution in [3.63, 3.8) is 0 Å². The number of hydrogen-bond donors (Lipinski definition) is 1. The Morgan fingerprint density at radius 3 is 2.61 bits per heavy atom. The first kappa shape index (κ1) is 20.7. The Balaban J connectivity index is 1.61. The van der Waals surface area contributed by atoms with E-state index in [9.17, 15) is 4.79 Å². The van der Waals surface area contributed by atoms with Crippen molar-refractivity contribution < 1.29 is 18.4 Å². The van der Waals surface area contributed by atoms with Gasteiger partial charge in [-0.05, 0) is 54.9 Å². The number of anilines is 1. The second-order valence-electron chi connectivity index (χ2n) is 6.87. The van der Waals surface area contributed by atoms with Gasteiger partial charge in [-0.3, -0.25) is 4.79 Å². The number of amides is 1. The van der Waals surface area contributed by atoms with Crippen molar-refractivity contribution in [3.05, 3.63) is 77.7 Å². The number of aryl methyl sites for hydroxylation is 2. The van der Waals surface area contributed by atoms with Gasteiger partial charge in [0.25, 0.3) is 11.1 Å². The molecule has 0 aliphatic rings. The first-order chi connectivity index (χ1) is 15.0. The van der Waals surface area contributed by atoms with E-state index < -0.39 is 5.25 Å². The molecule has 4 aromatic rings. The van der Waals surface area contributed by atoms with Crippen LogP contribution in [-0.2, 0) is 4.79 Å². The van der Waals surface area contributed by atoms with E-state index >= 15 is 0 Å². The Bertz CT molecular complexity index is 1190. The lowest BCUT2D eigenvalue weighted by Gasteiger charge is -2.17. The SMILES string of the molecule is COc1ccc(C)cc1NC(=O)C(Sc1nnc(-c2ccoc2C)o1)c1ccccc1. The van der Waals surface area contributed by atoms with Gasteiger partial charge >= 0.3 is 0 Å². The molecule has 0 saturated carbocycles. The van der Waals surface area contributed by atoms with E-state index in [1.165, 1.54) is 11.8 Å². The second-order valence-corrected chi connectivity index (χ2v) is 7.92. The molecule has 4 rings (SSSR count). The average molecular weight is 436 g/mol. The Morgan fingerprint density at radius 2 is 1.90 bits per heavy atom. The highest BCUT2D eigenvalue weighted by atomic mass is 32.2. The molecule has 0 aliphatic heterocycles. The Labute approximate surface area is 183 Å². The number of carbonyl (C=O) groups excluding carboxylic acids is 1. The third kappa shape index (κ3) is 4.64. The van der Waals surface area contributed by atoms with Crippen molar-refractivity contribution in [2.45, 2.75) is 24.3 Å². The number of benzene rings is 2. The van der Waals surface area contributed by atoms with Gasteiger partial charge in [0.2, 0.25) is 5.91 Å². The van der Waals surface area contributed by atoms with Crippen LogP contribution < -0.4 is 10.1 Å². The van der Waals surface area contributed by atoms with Crippen LogP contribution in [0.15, 0.2) is 74.9 Å². The molecule has 0 aliphatic carbocycles. The maximum Gasteiger partial charge on any atom is 0.277 e. The van der Waals surface area contributed by atoms with Gasteiger partial charge in [0.05, 0.1) is 24.6 Å². The molecule has 1 unspecified atom stereocenters. The molecule has 0 bridgehead atoms. The number of rotatable bonds is 7. The molecule has 0 saturated heterocycles. The molecular formula is C23H21N3O4S. The Kier molecular flexibility index (Phi) is 6.08. The lowest BCUT2D eigenvalue weighted by molar-refractivity contribution is -0.115. The van der Waals surface area contributed by atoms with Crippen LogP contribution in [0.4, 0.5) is 5.69 Å². The molecule has 31 heavy (non-hydrogen) atoms. The van der Waals surface area contributed by atoms with Gasteiger partial charge in [-0.2, -0.15) is 0 Å². The van der Waals surface area contributed by atoms with Crippen molar-refractivity contribution >= 4 is 23.4 Å². The normalized spacial score (nSPS) is 11.8. The fraction of sp³-hybridized carbons (Fsp3) is 0.174. The molecule has 7 nitrogen and oxygen atoms in total. The molecule has 1 amide bonds. The summed E-state index contributed by atoms with van der Waals surface area (Å²) in [6.07, 6.45) is 1.57. The molecule has 1 atom stereocenters. The van der Waals surface area contributed by atoms with Crippen LogP contribution in [0.2, 0.25) is 0 Å². The van der Waals surface area contributed by atoms with Crippen molar-refractivity contribution in [3.8, 4) is 17.2 Å². The topological polar surface area (TPSA) is 90.4 Å². The van der Waals surface area contributed by atoms with Gasteiger partial charge in [0.1, 0.15) is 16.8 Å². The number of ether oxygens (including phenoxy) is 1. The molecule has 2 aromatic heterocycles. The number of hydrogen-bond acceptors (Lipinski definition) is 7. The molecule has 0 fully saturated rings. The Morgan fingerprint density at radius 1 is 1.10 bits per heavy atom. The third-order valence-electron chi connectivity index (χ3n) is 4.67. The molecule has 2 heterocycles. The van der Waals surface area contributed by atoms with Gasteiger partial charge < -0.3 is 18.9 Å². The van der Waals surface area contributed by atoms with Crippen LogP contribution in [0.3, 0.4) is 0 Å². The minimum atomic E-state index is -0.606. The van der Waals surface area contributed by atoms with E-state index in [4.69, 9.17) is 13.6 Å². The summed E-state index contributed by atoms with van der Waals surface area (Å²) in [5.41, 5.74) is 3.16. The molecule has 1 N–H and O–H groups in total. The van der Waals surface area contributed by atoms with Crippen molar-refractivity contribution in [1.82, 2.24) is 10.2 Å². The minimum Gasteiger partial charge on any atom is -0.495 e. The van der Waals surface area contributed by atoms with Crippen molar-refractivity contribution in [2.24, 2.45) is 0 Å². The number of furan rings is 1. The molecule has 0 radical (unpaired) electrons. The molecular weight excluding hydrogens is 414 g/mol. The van der Waals surface area contributed by atoms with E-state index in [0.29, 0.717) is 23.1 Å². The molecule has 158 valence electrons. The van der Waals surface area contributed by atoms with Gasteiger partial charge in [-0.25, -0.2) is 0 Å².